The number of nitrogens with zero attached hydrogens (tertiary/aromatic N) is 2. The van der Waals surface area contributed by atoms with Crippen LogP contribution in [0.2, 0.25) is 0 Å². The summed E-state index contributed by atoms with van der Waals surface area (Å²) in [5, 5.41) is 0. The third-order valence-corrected chi connectivity index (χ3v) is 2.35. The minimum atomic E-state index is 0.279. The molecule has 0 aliphatic heterocycles. The topological polar surface area (TPSA) is 43.8 Å². The highest BCUT2D eigenvalue weighted by molar-refractivity contribution is 5.25. The van der Waals surface area contributed by atoms with E-state index >= 15 is 0 Å². The molecule has 0 saturated heterocycles. The average Bonchev–Trinajstić information content (AvgIpc) is 2.65. The van der Waals surface area contributed by atoms with Crippen LogP contribution in [-0.2, 0) is 0 Å². The molecule has 0 aliphatic rings. The summed E-state index contributed by atoms with van der Waals surface area (Å²) in [5.74, 6) is 0.563. The Bertz CT molecular complexity index is 405. The van der Waals surface area contributed by atoms with Crippen molar-refractivity contribution in [3.63, 3.8) is 0 Å². The van der Waals surface area contributed by atoms with Crippen molar-refractivity contribution in [2.45, 2.75) is 13.0 Å². The molecule has 0 radical (unpaired) electrons. The number of rotatable bonds is 2. The number of nitrogens with two attached hydrogens (primary N) is 1. The standard InChI is InChI=1S/C11H13N3/c1-9(10-5-3-2-4-6-10)14-7-11(12)13-8-14/h2-9H,12H2,1H3/t9-/m1/s1. The van der Waals surface area contributed by atoms with Crippen LogP contribution < -0.4 is 5.73 Å². The van der Waals surface area contributed by atoms with Crippen molar-refractivity contribution in [1.29, 1.82) is 0 Å². The fraction of sp³-hybridized carbons (Fsp3) is 0.182. The Labute approximate surface area is 83.2 Å². The zero-order valence-electron chi connectivity index (χ0n) is 8.09. The predicted octanol–water partition coefficient (Wildman–Crippen LogP) is 2.07. The molecule has 1 heterocycles. The van der Waals surface area contributed by atoms with Crippen molar-refractivity contribution in [2.75, 3.05) is 5.73 Å². The van der Waals surface area contributed by atoms with Crippen molar-refractivity contribution in [1.82, 2.24) is 9.55 Å². The van der Waals surface area contributed by atoms with Crippen LogP contribution in [0.15, 0.2) is 42.9 Å². The van der Waals surface area contributed by atoms with Crippen LogP contribution >= 0.6 is 0 Å². The van der Waals surface area contributed by atoms with E-state index in [0.717, 1.165) is 0 Å². The van der Waals surface area contributed by atoms with Gasteiger partial charge in [0.15, 0.2) is 0 Å². The van der Waals surface area contributed by atoms with Crippen molar-refractivity contribution in [3.8, 4) is 0 Å². The lowest BCUT2D eigenvalue weighted by Gasteiger charge is -2.12. The highest BCUT2D eigenvalue weighted by Gasteiger charge is 2.06. The minimum absolute atomic E-state index is 0.279. The van der Waals surface area contributed by atoms with Crippen LogP contribution in [0.5, 0.6) is 0 Å². The van der Waals surface area contributed by atoms with E-state index in [0.29, 0.717) is 5.82 Å². The van der Waals surface area contributed by atoms with Gasteiger partial charge >= 0.3 is 0 Å². The summed E-state index contributed by atoms with van der Waals surface area (Å²) < 4.78 is 2.00. The Hall–Kier alpha value is -1.77. The lowest BCUT2D eigenvalue weighted by Crippen LogP contribution is -2.03. The molecule has 14 heavy (non-hydrogen) atoms. The van der Waals surface area contributed by atoms with E-state index in [9.17, 15) is 0 Å². The number of nitrogen functional groups attached to an aromatic ring is 1. The summed E-state index contributed by atoms with van der Waals surface area (Å²) >= 11 is 0. The largest absolute Gasteiger partial charge is 0.382 e. The van der Waals surface area contributed by atoms with E-state index in [1.807, 2.05) is 29.0 Å². The van der Waals surface area contributed by atoms with E-state index in [4.69, 9.17) is 5.73 Å². The molecule has 0 spiro atoms. The zero-order chi connectivity index (χ0) is 9.97. The van der Waals surface area contributed by atoms with Gasteiger partial charge in [0.25, 0.3) is 0 Å². The summed E-state index contributed by atoms with van der Waals surface area (Å²) in [5.41, 5.74) is 6.82. The molecule has 0 amide bonds. The van der Waals surface area contributed by atoms with Gasteiger partial charge in [-0.3, -0.25) is 0 Å². The maximum absolute atomic E-state index is 5.56. The van der Waals surface area contributed by atoms with E-state index < -0.39 is 0 Å². The number of anilines is 1. The first-order chi connectivity index (χ1) is 6.77. The van der Waals surface area contributed by atoms with Crippen molar-refractivity contribution < 1.29 is 0 Å². The zero-order valence-corrected chi connectivity index (χ0v) is 8.09. The number of aromatic nitrogens is 2. The molecule has 72 valence electrons. The summed E-state index contributed by atoms with van der Waals surface area (Å²) in [7, 11) is 0. The third-order valence-electron chi connectivity index (χ3n) is 2.35. The van der Waals surface area contributed by atoms with Crippen LogP contribution in [0.25, 0.3) is 0 Å². The van der Waals surface area contributed by atoms with Crippen LogP contribution in [-0.4, -0.2) is 9.55 Å². The van der Waals surface area contributed by atoms with Gasteiger partial charge < -0.3 is 10.3 Å². The summed E-state index contributed by atoms with van der Waals surface area (Å²) in [6.45, 7) is 2.12. The molecule has 0 bridgehead atoms. The first-order valence-electron chi connectivity index (χ1n) is 4.61. The maximum Gasteiger partial charge on any atom is 0.141 e. The maximum atomic E-state index is 5.56. The fourth-order valence-electron chi connectivity index (χ4n) is 1.47. The second-order valence-electron chi connectivity index (χ2n) is 3.33. The van der Waals surface area contributed by atoms with E-state index in [2.05, 4.69) is 24.0 Å². The Balaban J connectivity index is 2.29. The Morgan fingerprint density at radius 1 is 1.29 bits per heavy atom. The normalized spacial score (nSPS) is 12.6. The number of imidazole rings is 1. The van der Waals surface area contributed by atoms with Crippen LogP contribution in [0.4, 0.5) is 5.82 Å². The summed E-state index contributed by atoms with van der Waals surface area (Å²) in [4.78, 5) is 4.00. The molecule has 2 N–H and O–H groups in total. The van der Waals surface area contributed by atoms with Crippen molar-refractivity contribution >= 4 is 5.82 Å². The van der Waals surface area contributed by atoms with Gasteiger partial charge in [-0.25, -0.2) is 4.98 Å². The number of benzene rings is 1. The quantitative estimate of drug-likeness (QED) is 0.782. The molecule has 0 saturated carbocycles. The van der Waals surface area contributed by atoms with Crippen LogP contribution in [0.1, 0.15) is 18.5 Å². The first-order valence-corrected chi connectivity index (χ1v) is 4.61. The molecule has 0 fully saturated rings. The van der Waals surface area contributed by atoms with Gasteiger partial charge in [0.05, 0.1) is 12.4 Å². The van der Waals surface area contributed by atoms with Crippen LogP contribution in [0.3, 0.4) is 0 Å². The van der Waals surface area contributed by atoms with Gasteiger partial charge in [-0.05, 0) is 12.5 Å². The molecule has 0 aliphatic carbocycles. The highest BCUT2D eigenvalue weighted by atomic mass is 15.1. The second-order valence-corrected chi connectivity index (χ2v) is 3.33. The molecular formula is C11H13N3. The molecular weight excluding hydrogens is 174 g/mol. The minimum Gasteiger partial charge on any atom is -0.382 e. The molecule has 1 atom stereocenters. The molecule has 3 heteroatoms. The second kappa shape index (κ2) is 3.54. The summed E-state index contributed by atoms with van der Waals surface area (Å²) in [6.07, 6.45) is 3.60. The highest BCUT2D eigenvalue weighted by Crippen LogP contribution is 2.17. The Morgan fingerprint density at radius 3 is 2.57 bits per heavy atom. The van der Waals surface area contributed by atoms with E-state index in [1.54, 1.807) is 6.33 Å². The van der Waals surface area contributed by atoms with E-state index in [-0.39, 0.29) is 6.04 Å². The SMILES string of the molecule is C[C@H](c1ccccc1)n1cnc(N)c1. The van der Waals surface area contributed by atoms with Gasteiger partial charge in [-0.1, -0.05) is 30.3 Å². The van der Waals surface area contributed by atoms with Gasteiger partial charge in [0.1, 0.15) is 5.82 Å². The lowest BCUT2D eigenvalue weighted by atomic mass is 10.1. The Kier molecular flexibility index (Phi) is 2.23. The number of hydrogen-bond acceptors (Lipinski definition) is 2. The summed E-state index contributed by atoms with van der Waals surface area (Å²) in [6, 6.07) is 10.6. The molecule has 2 aromatic rings. The average molecular weight is 187 g/mol. The first kappa shape index (κ1) is 8.81. The lowest BCUT2D eigenvalue weighted by molar-refractivity contribution is 0.639. The van der Waals surface area contributed by atoms with Gasteiger partial charge in [-0.2, -0.15) is 0 Å². The Morgan fingerprint density at radius 2 is 2.00 bits per heavy atom. The van der Waals surface area contributed by atoms with Crippen LogP contribution in [0, 0.1) is 0 Å². The molecule has 1 aromatic carbocycles. The molecule has 1 aromatic heterocycles. The third kappa shape index (κ3) is 1.62. The van der Waals surface area contributed by atoms with Crippen molar-refractivity contribution in [2.24, 2.45) is 0 Å². The fourth-order valence-corrected chi connectivity index (χ4v) is 1.47. The van der Waals surface area contributed by atoms with Gasteiger partial charge in [0.2, 0.25) is 0 Å². The predicted molar refractivity (Wildman–Crippen MR) is 56.9 cm³/mol. The van der Waals surface area contributed by atoms with Crippen molar-refractivity contribution in [3.05, 3.63) is 48.4 Å². The molecule has 0 unspecified atom stereocenters. The monoisotopic (exact) mass is 187 g/mol. The van der Waals surface area contributed by atoms with Gasteiger partial charge in [-0.15, -0.1) is 0 Å². The molecule has 3 nitrogen and oxygen atoms in total. The van der Waals surface area contributed by atoms with Gasteiger partial charge in [0, 0.05) is 6.20 Å². The smallest absolute Gasteiger partial charge is 0.141 e. The molecule has 2 rings (SSSR count). The van der Waals surface area contributed by atoms with E-state index in [1.165, 1.54) is 5.56 Å². The number of hydrogen-bond donors (Lipinski definition) is 1.